The van der Waals surface area contributed by atoms with E-state index in [1.165, 1.54) is 5.56 Å². The van der Waals surface area contributed by atoms with Gasteiger partial charge in [0, 0.05) is 38.3 Å². The number of aromatic nitrogens is 2. The predicted octanol–water partition coefficient (Wildman–Crippen LogP) is 1.66. The molecule has 22 heavy (non-hydrogen) atoms. The number of hydrogen-bond acceptors (Lipinski definition) is 5. The lowest BCUT2D eigenvalue weighted by atomic mass is 10.1. The van der Waals surface area contributed by atoms with Gasteiger partial charge in [-0.1, -0.05) is 29.8 Å². The molecule has 3 rings (SSSR count). The molecule has 2 heterocycles. The lowest BCUT2D eigenvalue weighted by Crippen LogP contribution is -2.45. The van der Waals surface area contributed by atoms with E-state index in [0.717, 1.165) is 49.1 Å². The maximum absolute atomic E-state index is 5.82. The second-order valence-electron chi connectivity index (χ2n) is 5.90. The van der Waals surface area contributed by atoms with Gasteiger partial charge in [-0.25, -0.2) is 9.97 Å². The lowest BCUT2D eigenvalue weighted by Gasteiger charge is -2.32. The molecule has 5 nitrogen and oxygen atoms in total. The molecule has 1 aromatic carbocycles. The van der Waals surface area contributed by atoms with Crippen molar-refractivity contribution in [1.82, 2.24) is 14.9 Å². The highest BCUT2D eigenvalue weighted by Crippen LogP contribution is 2.22. The molecular weight excluding hydrogens is 274 g/mol. The van der Waals surface area contributed by atoms with Crippen molar-refractivity contribution in [1.29, 1.82) is 0 Å². The maximum Gasteiger partial charge on any atom is 0.226 e. The highest BCUT2D eigenvalue weighted by atomic mass is 15.3. The summed E-state index contributed by atoms with van der Waals surface area (Å²) in [5.74, 6) is 0.798. The molecule has 0 spiro atoms. The fraction of sp³-hybridized carbons (Fsp3) is 0.412. The highest BCUT2D eigenvalue weighted by molar-refractivity contribution is 5.61. The summed E-state index contributed by atoms with van der Waals surface area (Å²) in [6, 6.07) is 10.4. The van der Waals surface area contributed by atoms with Gasteiger partial charge >= 0.3 is 0 Å². The summed E-state index contributed by atoms with van der Waals surface area (Å²) in [7, 11) is 2.15. The smallest absolute Gasteiger partial charge is 0.226 e. The Morgan fingerprint density at radius 3 is 2.36 bits per heavy atom. The van der Waals surface area contributed by atoms with Crippen LogP contribution in [0.15, 0.2) is 30.3 Å². The molecule has 2 aromatic rings. The average molecular weight is 297 g/mol. The molecule has 1 aliphatic rings. The quantitative estimate of drug-likeness (QED) is 0.934. The van der Waals surface area contributed by atoms with E-state index < -0.39 is 0 Å². The van der Waals surface area contributed by atoms with Gasteiger partial charge in [-0.2, -0.15) is 0 Å². The van der Waals surface area contributed by atoms with Crippen molar-refractivity contribution in [2.45, 2.75) is 13.5 Å². The zero-order valence-corrected chi connectivity index (χ0v) is 13.3. The summed E-state index contributed by atoms with van der Waals surface area (Å²) in [6.45, 7) is 6.51. The summed E-state index contributed by atoms with van der Waals surface area (Å²) < 4.78 is 0. The van der Waals surface area contributed by atoms with Crippen molar-refractivity contribution in [2.75, 3.05) is 38.1 Å². The van der Waals surface area contributed by atoms with Crippen LogP contribution in [0, 0.1) is 6.92 Å². The Labute approximate surface area is 131 Å². The van der Waals surface area contributed by atoms with Crippen molar-refractivity contribution in [3.8, 4) is 11.3 Å². The highest BCUT2D eigenvalue weighted by Gasteiger charge is 2.18. The molecule has 116 valence electrons. The molecule has 1 fully saturated rings. The van der Waals surface area contributed by atoms with E-state index in [1.54, 1.807) is 0 Å². The number of benzene rings is 1. The fourth-order valence-corrected chi connectivity index (χ4v) is 2.61. The van der Waals surface area contributed by atoms with Crippen LogP contribution >= 0.6 is 0 Å². The van der Waals surface area contributed by atoms with Gasteiger partial charge in [0.05, 0.1) is 11.4 Å². The van der Waals surface area contributed by atoms with E-state index in [1.807, 2.05) is 6.07 Å². The number of aryl methyl sites for hydroxylation is 1. The van der Waals surface area contributed by atoms with E-state index in [9.17, 15) is 0 Å². The normalized spacial score (nSPS) is 16.0. The Hall–Kier alpha value is -1.98. The van der Waals surface area contributed by atoms with E-state index in [0.29, 0.717) is 6.54 Å². The Bertz CT molecular complexity index is 630. The van der Waals surface area contributed by atoms with Gasteiger partial charge in [0.15, 0.2) is 0 Å². The summed E-state index contributed by atoms with van der Waals surface area (Å²) in [5, 5.41) is 0. The Morgan fingerprint density at radius 1 is 1.05 bits per heavy atom. The molecule has 0 saturated carbocycles. The van der Waals surface area contributed by atoms with Crippen molar-refractivity contribution < 1.29 is 0 Å². The molecule has 0 amide bonds. The van der Waals surface area contributed by atoms with Crippen molar-refractivity contribution in [3.63, 3.8) is 0 Å². The maximum atomic E-state index is 5.82. The molecule has 0 bridgehead atoms. The van der Waals surface area contributed by atoms with Crippen molar-refractivity contribution in [2.24, 2.45) is 5.73 Å². The first kappa shape index (κ1) is 14.9. The molecule has 5 heteroatoms. The van der Waals surface area contributed by atoms with Gasteiger partial charge in [0.2, 0.25) is 5.95 Å². The first-order valence-corrected chi connectivity index (χ1v) is 7.74. The average Bonchev–Trinajstić information content (AvgIpc) is 2.55. The molecule has 2 N–H and O–H groups in total. The molecule has 1 aliphatic heterocycles. The molecule has 1 saturated heterocycles. The van der Waals surface area contributed by atoms with Crippen LogP contribution in [0.2, 0.25) is 0 Å². The summed E-state index contributed by atoms with van der Waals surface area (Å²) >= 11 is 0. The molecule has 0 unspecified atom stereocenters. The van der Waals surface area contributed by atoms with Gasteiger partial charge in [-0.05, 0) is 20.0 Å². The van der Waals surface area contributed by atoms with E-state index in [4.69, 9.17) is 10.7 Å². The van der Waals surface area contributed by atoms with E-state index >= 15 is 0 Å². The van der Waals surface area contributed by atoms with Crippen LogP contribution in [0.3, 0.4) is 0 Å². The predicted molar refractivity (Wildman–Crippen MR) is 89.8 cm³/mol. The Kier molecular flexibility index (Phi) is 4.36. The van der Waals surface area contributed by atoms with Gasteiger partial charge in [-0.3, -0.25) is 0 Å². The van der Waals surface area contributed by atoms with Crippen molar-refractivity contribution in [3.05, 3.63) is 41.6 Å². The van der Waals surface area contributed by atoms with Crippen LogP contribution < -0.4 is 10.6 Å². The topological polar surface area (TPSA) is 58.3 Å². The zero-order chi connectivity index (χ0) is 15.5. The second-order valence-corrected chi connectivity index (χ2v) is 5.90. The third-order valence-corrected chi connectivity index (χ3v) is 4.11. The van der Waals surface area contributed by atoms with Crippen LogP contribution in [-0.4, -0.2) is 48.1 Å². The standard InChI is InChI=1S/C17H23N5/c1-13-3-5-14(6-4-13)16-11-15(12-18)19-17(20-16)22-9-7-21(2)8-10-22/h3-6,11H,7-10,12,18H2,1-2H3. The minimum atomic E-state index is 0.433. The number of anilines is 1. The number of nitrogens with two attached hydrogens (primary N) is 1. The molecular formula is C17H23N5. The second kappa shape index (κ2) is 6.42. The van der Waals surface area contributed by atoms with Crippen LogP contribution in [0.5, 0.6) is 0 Å². The van der Waals surface area contributed by atoms with Gasteiger partial charge in [-0.15, -0.1) is 0 Å². The molecule has 0 atom stereocenters. The van der Waals surface area contributed by atoms with E-state index in [-0.39, 0.29) is 0 Å². The third-order valence-electron chi connectivity index (χ3n) is 4.11. The summed E-state index contributed by atoms with van der Waals surface area (Å²) in [4.78, 5) is 14.0. The van der Waals surface area contributed by atoms with Crippen LogP contribution in [0.4, 0.5) is 5.95 Å². The molecule has 0 aliphatic carbocycles. The zero-order valence-electron chi connectivity index (χ0n) is 13.3. The number of hydrogen-bond donors (Lipinski definition) is 1. The number of piperazine rings is 1. The minimum Gasteiger partial charge on any atom is -0.338 e. The summed E-state index contributed by atoms with van der Waals surface area (Å²) in [5.41, 5.74) is 10.0. The SMILES string of the molecule is Cc1ccc(-c2cc(CN)nc(N3CCN(C)CC3)n2)cc1. The fourth-order valence-electron chi connectivity index (χ4n) is 2.61. The Morgan fingerprint density at radius 2 is 1.73 bits per heavy atom. The number of nitrogens with zero attached hydrogens (tertiary/aromatic N) is 4. The molecule has 0 radical (unpaired) electrons. The van der Waals surface area contributed by atoms with Crippen molar-refractivity contribution >= 4 is 5.95 Å². The minimum absolute atomic E-state index is 0.433. The van der Waals surface area contributed by atoms with Crippen LogP contribution in [0.25, 0.3) is 11.3 Å². The molecule has 1 aromatic heterocycles. The van der Waals surface area contributed by atoms with Crippen LogP contribution in [-0.2, 0) is 6.54 Å². The first-order chi connectivity index (χ1) is 10.7. The van der Waals surface area contributed by atoms with E-state index in [2.05, 4.69) is 53.0 Å². The van der Waals surface area contributed by atoms with Gasteiger partial charge in [0.25, 0.3) is 0 Å². The number of rotatable bonds is 3. The Balaban J connectivity index is 1.94. The largest absolute Gasteiger partial charge is 0.338 e. The lowest BCUT2D eigenvalue weighted by molar-refractivity contribution is 0.311. The third kappa shape index (κ3) is 3.26. The monoisotopic (exact) mass is 297 g/mol. The summed E-state index contributed by atoms with van der Waals surface area (Å²) in [6.07, 6.45) is 0. The number of likely N-dealkylation sites (N-methyl/N-ethyl adjacent to an activating group) is 1. The van der Waals surface area contributed by atoms with Crippen LogP contribution in [0.1, 0.15) is 11.3 Å². The van der Waals surface area contributed by atoms with Gasteiger partial charge in [0.1, 0.15) is 0 Å². The van der Waals surface area contributed by atoms with Gasteiger partial charge < -0.3 is 15.5 Å². The first-order valence-electron chi connectivity index (χ1n) is 7.74.